The predicted molar refractivity (Wildman–Crippen MR) is 79.7 cm³/mol. The van der Waals surface area contributed by atoms with Crippen molar-refractivity contribution in [2.75, 3.05) is 36.9 Å². The molecule has 0 saturated carbocycles. The molecule has 5 heteroatoms. The first-order valence-electron chi connectivity index (χ1n) is 7.30. The summed E-state index contributed by atoms with van der Waals surface area (Å²) in [5.74, 6) is 1.93. The Kier molecular flexibility index (Phi) is 5.39. The maximum absolute atomic E-state index is 4.35. The first kappa shape index (κ1) is 14.1. The van der Waals surface area contributed by atoms with Crippen LogP contribution in [-0.4, -0.2) is 42.7 Å². The lowest BCUT2D eigenvalue weighted by atomic mass is 10.2. The smallest absolute Gasteiger partial charge is 0.133 e. The second kappa shape index (κ2) is 7.28. The van der Waals surface area contributed by atoms with E-state index in [9.17, 15) is 0 Å². The van der Waals surface area contributed by atoms with Gasteiger partial charge in [0.25, 0.3) is 0 Å². The molecular formula is C14H25N5. The second-order valence-electron chi connectivity index (χ2n) is 5.22. The van der Waals surface area contributed by atoms with Crippen molar-refractivity contribution in [3.63, 3.8) is 0 Å². The van der Waals surface area contributed by atoms with Crippen LogP contribution < -0.4 is 15.5 Å². The van der Waals surface area contributed by atoms with Gasteiger partial charge in [-0.05, 0) is 19.4 Å². The Bertz CT molecular complexity index is 376. The summed E-state index contributed by atoms with van der Waals surface area (Å²) >= 11 is 0. The van der Waals surface area contributed by atoms with E-state index >= 15 is 0 Å². The fraction of sp³-hybridized carbons (Fsp3) is 0.714. The van der Waals surface area contributed by atoms with Crippen molar-refractivity contribution >= 4 is 11.6 Å². The van der Waals surface area contributed by atoms with E-state index in [-0.39, 0.29) is 0 Å². The minimum absolute atomic E-state index is 0.494. The maximum Gasteiger partial charge on any atom is 0.133 e. The Hall–Kier alpha value is -1.36. The molecule has 1 aliphatic rings. The summed E-state index contributed by atoms with van der Waals surface area (Å²) < 4.78 is 0. The van der Waals surface area contributed by atoms with Gasteiger partial charge in [-0.2, -0.15) is 0 Å². The average Bonchev–Trinajstić information content (AvgIpc) is 2.92. The fourth-order valence-corrected chi connectivity index (χ4v) is 2.34. The predicted octanol–water partition coefficient (Wildman–Crippen LogP) is 1.88. The molecule has 0 bridgehead atoms. The number of rotatable bonds is 7. The largest absolute Gasteiger partial charge is 0.366 e. The molecule has 1 aliphatic heterocycles. The first-order chi connectivity index (χ1) is 9.29. The SMILES string of the molecule is CCCCCN(C)c1cc(NC2CCNC2)ncn1. The molecule has 2 N–H and O–H groups in total. The molecule has 1 fully saturated rings. The summed E-state index contributed by atoms with van der Waals surface area (Å²) in [5, 5.41) is 6.81. The first-order valence-corrected chi connectivity index (χ1v) is 7.30. The zero-order chi connectivity index (χ0) is 13.5. The van der Waals surface area contributed by atoms with Crippen LogP contribution in [0.3, 0.4) is 0 Å². The Labute approximate surface area is 115 Å². The molecule has 0 radical (unpaired) electrons. The van der Waals surface area contributed by atoms with E-state index in [1.807, 2.05) is 6.07 Å². The van der Waals surface area contributed by atoms with Crippen molar-refractivity contribution in [2.45, 2.75) is 38.6 Å². The minimum atomic E-state index is 0.494. The van der Waals surface area contributed by atoms with Gasteiger partial charge in [-0.1, -0.05) is 19.8 Å². The van der Waals surface area contributed by atoms with E-state index in [4.69, 9.17) is 0 Å². The number of nitrogens with one attached hydrogen (secondary N) is 2. The van der Waals surface area contributed by atoms with Crippen molar-refractivity contribution in [2.24, 2.45) is 0 Å². The molecule has 1 unspecified atom stereocenters. The van der Waals surface area contributed by atoms with Crippen molar-refractivity contribution in [3.8, 4) is 0 Å². The van der Waals surface area contributed by atoms with Crippen molar-refractivity contribution < 1.29 is 0 Å². The summed E-state index contributed by atoms with van der Waals surface area (Å²) in [6, 6.07) is 2.54. The molecule has 0 spiro atoms. The summed E-state index contributed by atoms with van der Waals surface area (Å²) in [4.78, 5) is 10.9. The Morgan fingerprint density at radius 3 is 3.05 bits per heavy atom. The maximum atomic E-state index is 4.35. The molecule has 2 heterocycles. The standard InChI is InChI=1S/C14H25N5/c1-3-4-5-8-19(2)14-9-13(16-11-17-14)18-12-6-7-15-10-12/h9,11-12,15H,3-8,10H2,1-2H3,(H,16,17,18). The lowest BCUT2D eigenvalue weighted by Gasteiger charge is -2.19. The molecule has 19 heavy (non-hydrogen) atoms. The van der Waals surface area contributed by atoms with Gasteiger partial charge in [0, 0.05) is 32.2 Å². The monoisotopic (exact) mass is 263 g/mol. The third kappa shape index (κ3) is 4.35. The number of unbranched alkanes of at least 4 members (excludes halogenated alkanes) is 2. The van der Waals surface area contributed by atoms with Crippen LogP contribution in [-0.2, 0) is 0 Å². The normalized spacial score (nSPS) is 18.5. The summed E-state index contributed by atoms with van der Waals surface area (Å²) in [7, 11) is 2.10. The van der Waals surface area contributed by atoms with Gasteiger partial charge < -0.3 is 15.5 Å². The van der Waals surface area contributed by atoms with Crippen LogP contribution in [0.2, 0.25) is 0 Å². The molecule has 106 valence electrons. The number of nitrogens with zero attached hydrogens (tertiary/aromatic N) is 3. The molecule has 1 aromatic rings. The van der Waals surface area contributed by atoms with Crippen molar-refractivity contribution in [1.29, 1.82) is 0 Å². The van der Waals surface area contributed by atoms with Crippen LogP contribution >= 0.6 is 0 Å². The molecule has 5 nitrogen and oxygen atoms in total. The summed E-state index contributed by atoms with van der Waals surface area (Å²) in [6.07, 6.45) is 6.54. The van der Waals surface area contributed by atoms with Gasteiger partial charge in [0.15, 0.2) is 0 Å². The van der Waals surface area contributed by atoms with Gasteiger partial charge in [0.05, 0.1) is 0 Å². The highest BCUT2D eigenvalue weighted by Crippen LogP contribution is 2.15. The molecule has 0 amide bonds. The Morgan fingerprint density at radius 1 is 1.42 bits per heavy atom. The molecule has 2 rings (SSSR count). The zero-order valence-corrected chi connectivity index (χ0v) is 12.0. The van der Waals surface area contributed by atoms with Gasteiger partial charge >= 0.3 is 0 Å². The van der Waals surface area contributed by atoms with E-state index in [2.05, 4.69) is 39.5 Å². The number of aromatic nitrogens is 2. The lowest BCUT2D eigenvalue weighted by Crippen LogP contribution is -2.24. The van der Waals surface area contributed by atoms with Gasteiger partial charge in [0.1, 0.15) is 18.0 Å². The average molecular weight is 263 g/mol. The van der Waals surface area contributed by atoms with Gasteiger partial charge in [-0.3, -0.25) is 0 Å². The fourth-order valence-electron chi connectivity index (χ4n) is 2.34. The van der Waals surface area contributed by atoms with Gasteiger partial charge in [-0.25, -0.2) is 9.97 Å². The highest BCUT2D eigenvalue weighted by molar-refractivity contribution is 5.48. The van der Waals surface area contributed by atoms with Crippen molar-refractivity contribution in [3.05, 3.63) is 12.4 Å². The van der Waals surface area contributed by atoms with E-state index < -0.39 is 0 Å². The highest BCUT2D eigenvalue weighted by Gasteiger charge is 2.14. The van der Waals surface area contributed by atoms with Crippen LogP contribution in [0.25, 0.3) is 0 Å². The molecule has 1 aromatic heterocycles. The van der Waals surface area contributed by atoms with E-state index in [1.54, 1.807) is 6.33 Å². The Balaban J connectivity index is 1.89. The molecule has 1 saturated heterocycles. The number of hydrogen-bond donors (Lipinski definition) is 2. The van der Waals surface area contributed by atoms with Gasteiger partial charge in [0.2, 0.25) is 0 Å². The highest BCUT2D eigenvalue weighted by atomic mass is 15.2. The number of hydrogen-bond acceptors (Lipinski definition) is 5. The zero-order valence-electron chi connectivity index (χ0n) is 12.0. The van der Waals surface area contributed by atoms with Crippen molar-refractivity contribution in [1.82, 2.24) is 15.3 Å². The van der Waals surface area contributed by atoms with Crippen LogP contribution in [0.1, 0.15) is 32.6 Å². The second-order valence-corrected chi connectivity index (χ2v) is 5.22. The van der Waals surface area contributed by atoms with Crippen LogP contribution in [0.15, 0.2) is 12.4 Å². The minimum Gasteiger partial charge on any atom is -0.366 e. The molecule has 1 atom stereocenters. The quantitative estimate of drug-likeness (QED) is 0.736. The molecule has 0 aliphatic carbocycles. The topological polar surface area (TPSA) is 53.1 Å². The van der Waals surface area contributed by atoms with Gasteiger partial charge in [-0.15, -0.1) is 0 Å². The summed E-state index contributed by atoms with van der Waals surface area (Å²) in [5.41, 5.74) is 0. The van der Waals surface area contributed by atoms with Crippen LogP contribution in [0.5, 0.6) is 0 Å². The van der Waals surface area contributed by atoms with Crippen LogP contribution in [0, 0.1) is 0 Å². The molecular weight excluding hydrogens is 238 g/mol. The molecule has 0 aromatic carbocycles. The summed E-state index contributed by atoms with van der Waals surface area (Å²) in [6.45, 7) is 5.38. The van der Waals surface area contributed by atoms with E-state index in [0.717, 1.165) is 37.7 Å². The third-order valence-corrected chi connectivity index (χ3v) is 3.55. The van der Waals surface area contributed by atoms with Crippen LogP contribution in [0.4, 0.5) is 11.6 Å². The Morgan fingerprint density at radius 2 is 2.32 bits per heavy atom. The number of anilines is 2. The van der Waals surface area contributed by atoms with E-state index in [0.29, 0.717) is 6.04 Å². The third-order valence-electron chi connectivity index (χ3n) is 3.55. The lowest BCUT2D eigenvalue weighted by molar-refractivity contribution is 0.700. The van der Waals surface area contributed by atoms with E-state index in [1.165, 1.54) is 19.3 Å².